The van der Waals surface area contributed by atoms with Gasteiger partial charge in [-0.05, 0) is 81.9 Å². The van der Waals surface area contributed by atoms with Crippen LogP contribution in [0.3, 0.4) is 0 Å². The number of benzene rings is 7. The number of anilines is 2. The Kier molecular flexibility index (Phi) is 6.37. The van der Waals surface area contributed by atoms with Crippen molar-refractivity contribution in [3.8, 4) is 33.8 Å². The lowest BCUT2D eigenvalue weighted by Gasteiger charge is -2.41. The topological polar surface area (TPSA) is 29.0 Å². The van der Waals surface area contributed by atoms with Gasteiger partial charge in [-0.15, -0.1) is 0 Å². The minimum absolute atomic E-state index is 0.153. The third-order valence-corrected chi connectivity index (χ3v) is 10.7. The van der Waals surface area contributed by atoms with Crippen molar-refractivity contribution in [1.82, 2.24) is 9.97 Å². The lowest BCUT2D eigenvalue weighted by atomic mass is 9.73. The van der Waals surface area contributed by atoms with Crippen LogP contribution in [0, 0.1) is 0 Å². The standard InChI is InChI=1S/C47H33N3/c1-47-29-28-32-13-6-8-18-39(32)44(47)41-30-35(26-27-43(41)50(47)36-15-3-2-4-16-36)46-48-42-21-10-9-19-40(42)45(49-46)34-24-22-33(23-25-34)38-20-11-14-31-12-5-7-17-37(31)38/h2-30,44H,1H3. The molecule has 0 bridgehead atoms. The van der Waals surface area contributed by atoms with Crippen molar-refractivity contribution in [2.45, 2.75) is 18.4 Å². The van der Waals surface area contributed by atoms with Crippen molar-refractivity contribution >= 4 is 39.1 Å². The van der Waals surface area contributed by atoms with Crippen LogP contribution in [0.15, 0.2) is 170 Å². The number of hydrogen-bond acceptors (Lipinski definition) is 3. The van der Waals surface area contributed by atoms with E-state index in [4.69, 9.17) is 9.97 Å². The van der Waals surface area contributed by atoms with Crippen LogP contribution >= 0.6 is 0 Å². The Balaban J connectivity index is 1.12. The summed E-state index contributed by atoms with van der Waals surface area (Å²) in [4.78, 5) is 13.0. The lowest BCUT2D eigenvalue weighted by Crippen LogP contribution is -2.43. The van der Waals surface area contributed by atoms with Crippen molar-refractivity contribution in [2.24, 2.45) is 0 Å². The fourth-order valence-electron chi connectivity index (χ4n) is 8.37. The van der Waals surface area contributed by atoms with Gasteiger partial charge in [0.25, 0.3) is 0 Å². The SMILES string of the molecule is CC12C=Cc3ccccc3C1c1cc(-c3nc(-c4ccc(-c5cccc6ccccc56)cc4)c4ccccc4n3)ccc1N2c1ccccc1. The average Bonchev–Trinajstić information content (AvgIpc) is 3.45. The van der Waals surface area contributed by atoms with E-state index in [9.17, 15) is 0 Å². The largest absolute Gasteiger partial charge is 0.331 e. The van der Waals surface area contributed by atoms with E-state index in [2.05, 4.69) is 188 Å². The van der Waals surface area contributed by atoms with Gasteiger partial charge < -0.3 is 4.90 Å². The Morgan fingerprint density at radius 2 is 1.26 bits per heavy atom. The number of para-hydroxylation sites is 2. The van der Waals surface area contributed by atoms with E-state index in [1.54, 1.807) is 0 Å². The van der Waals surface area contributed by atoms with E-state index in [1.807, 2.05) is 0 Å². The Hall–Kier alpha value is -6.32. The number of hydrogen-bond donors (Lipinski definition) is 0. The maximum Gasteiger partial charge on any atom is 0.160 e. The maximum absolute atomic E-state index is 5.32. The van der Waals surface area contributed by atoms with E-state index < -0.39 is 0 Å². The summed E-state index contributed by atoms with van der Waals surface area (Å²) in [6.45, 7) is 2.36. The molecule has 0 saturated carbocycles. The molecule has 0 spiro atoms. The first-order chi connectivity index (χ1) is 24.7. The first-order valence-corrected chi connectivity index (χ1v) is 17.3. The number of rotatable bonds is 4. The summed E-state index contributed by atoms with van der Waals surface area (Å²) in [5.74, 6) is 0.888. The third kappa shape index (κ3) is 4.37. The minimum Gasteiger partial charge on any atom is -0.331 e. The molecular formula is C47H33N3. The van der Waals surface area contributed by atoms with E-state index >= 15 is 0 Å². The summed E-state index contributed by atoms with van der Waals surface area (Å²) in [6.07, 6.45) is 4.68. The normalized spacial score (nSPS) is 17.5. The smallest absolute Gasteiger partial charge is 0.160 e. The second-order valence-electron chi connectivity index (χ2n) is 13.6. The Morgan fingerprint density at radius 1 is 0.560 bits per heavy atom. The highest BCUT2D eigenvalue weighted by Crippen LogP contribution is 2.57. The Labute approximate surface area is 291 Å². The average molecular weight is 640 g/mol. The molecule has 10 rings (SSSR count). The summed E-state index contributed by atoms with van der Waals surface area (Å²) in [7, 11) is 0. The molecule has 1 aliphatic heterocycles. The third-order valence-electron chi connectivity index (χ3n) is 10.7. The molecule has 7 aromatic carbocycles. The van der Waals surface area contributed by atoms with Crippen molar-refractivity contribution < 1.29 is 0 Å². The Bertz CT molecular complexity index is 2620. The van der Waals surface area contributed by atoms with Crippen molar-refractivity contribution in [1.29, 1.82) is 0 Å². The van der Waals surface area contributed by atoms with Crippen LogP contribution in [0.25, 0.3) is 61.5 Å². The van der Waals surface area contributed by atoms with Crippen LogP contribution in [0.4, 0.5) is 11.4 Å². The molecule has 0 radical (unpaired) electrons. The van der Waals surface area contributed by atoms with E-state index in [0.29, 0.717) is 0 Å². The fourth-order valence-corrected chi connectivity index (χ4v) is 8.37. The van der Waals surface area contributed by atoms with Crippen LogP contribution in [0.2, 0.25) is 0 Å². The molecule has 0 N–H and O–H groups in total. The highest BCUT2D eigenvalue weighted by atomic mass is 15.2. The van der Waals surface area contributed by atoms with Crippen LogP contribution in [-0.4, -0.2) is 15.5 Å². The van der Waals surface area contributed by atoms with Crippen molar-refractivity contribution in [3.05, 3.63) is 187 Å². The van der Waals surface area contributed by atoms with Crippen LogP contribution in [0.5, 0.6) is 0 Å². The molecule has 0 amide bonds. The van der Waals surface area contributed by atoms with Gasteiger partial charge in [0.2, 0.25) is 0 Å². The van der Waals surface area contributed by atoms with Crippen LogP contribution in [0.1, 0.15) is 29.5 Å². The highest BCUT2D eigenvalue weighted by Gasteiger charge is 2.50. The maximum atomic E-state index is 5.32. The first-order valence-electron chi connectivity index (χ1n) is 17.3. The summed E-state index contributed by atoms with van der Waals surface area (Å²) in [6, 6.07) is 58.7. The van der Waals surface area contributed by atoms with Gasteiger partial charge in [0.05, 0.1) is 16.7 Å². The minimum atomic E-state index is -0.266. The summed E-state index contributed by atoms with van der Waals surface area (Å²) in [5, 5.41) is 3.55. The zero-order valence-electron chi connectivity index (χ0n) is 27.7. The van der Waals surface area contributed by atoms with Gasteiger partial charge in [0.15, 0.2) is 5.82 Å². The van der Waals surface area contributed by atoms with E-state index in [0.717, 1.165) is 33.5 Å². The monoisotopic (exact) mass is 639 g/mol. The molecule has 50 heavy (non-hydrogen) atoms. The summed E-state index contributed by atoms with van der Waals surface area (Å²) >= 11 is 0. The molecule has 3 heteroatoms. The first kappa shape index (κ1) is 28.7. The molecule has 2 unspecified atom stereocenters. The highest BCUT2D eigenvalue weighted by molar-refractivity contribution is 5.98. The predicted molar refractivity (Wildman–Crippen MR) is 208 cm³/mol. The Morgan fingerprint density at radius 3 is 2.14 bits per heavy atom. The molecule has 1 aliphatic carbocycles. The molecule has 3 nitrogen and oxygen atoms in total. The summed E-state index contributed by atoms with van der Waals surface area (Å²) < 4.78 is 0. The van der Waals surface area contributed by atoms with Gasteiger partial charge in [0.1, 0.15) is 0 Å². The molecule has 2 aliphatic rings. The molecule has 2 heterocycles. The fraction of sp³-hybridized carbons (Fsp3) is 0.0638. The van der Waals surface area contributed by atoms with Gasteiger partial charge >= 0.3 is 0 Å². The van der Waals surface area contributed by atoms with E-state index in [-0.39, 0.29) is 11.5 Å². The second kappa shape index (κ2) is 11.1. The second-order valence-corrected chi connectivity index (χ2v) is 13.6. The van der Waals surface area contributed by atoms with Crippen LogP contribution in [-0.2, 0) is 0 Å². The lowest BCUT2D eigenvalue weighted by molar-refractivity contribution is 0.532. The zero-order chi connectivity index (χ0) is 33.2. The van der Waals surface area contributed by atoms with Gasteiger partial charge in [-0.25, -0.2) is 9.97 Å². The number of aromatic nitrogens is 2. The molecular weight excluding hydrogens is 607 g/mol. The van der Waals surface area contributed by atoms with Crippen LogP contribution < -0.4 is 4.90 Å². The molecule has 236 valence electrons. The molecule has 2 atom stereocenters. The number of nitrogens with zero attached hydrogens (tertiary/aromatic N) is 3. The summed E-state index contributed by atoms with van der Waals surface area (Å²) in [5.41, 5.74) is 12.5. The van der Waals surface area contributed by atoms with Gasteiger partial charge in [-0.3, -0.25) is 0 Å². The predicted octanol–water partition coefficient (Wildman–Crippen LogP) is 11.9. The number of fused-ring (bicyclic) bond motifs is 7. The van der Waals surface area contributed by atoms with Crippen molar-refractivity contribution in [2.75, 3.05) is 4.90 Å². The quantitative estimate of drug-likeness (QED) is 0.192. The van der Waals surface area contributed by atoms with E-state index in [1.165, 1.54) is 50.0 Å². The van der Waals surface area contributed by atoms with Gasteiger partial charge in [-0.1, -0.05) is 140 Å². The molecule has 0 fully saturated rings. The zero-order valence-corrected chi connectivity index (χ0v) is 27.7. The van der Waals surface area contributed by atoms with Gasteiger partial charge in [0, 0.05) is 33.8 Å². The molecule has 1 aromatic heterocycles. The van der Waals surface area contributed by atoms with Gasteiger partial charge in [-0.2, -0.15) is 0 Å². The molecule has 0 saturated heterocycles. The van der Waals surface area contributed by atoms with Crippen molar-refractivity contribution in [3.63, 3.8) is 0 Å². The molecule has 8 aromatic rings.